The molecule has 0 amide bonds. The van der Waals surface area contributed by atoms with Gasteiger partial charge in [-0.1, -0.05) is 0 Å². The van der Waals surface area contributed by atoms with Crippen LogP contribution in [0.1, 0.15) is 6.42 Å². The first-order valence-electron chi connectivity index (χ1n) is 3.53. The van der Waals surface area contributed by atoms with Gasteiger partial charge in [0.15, 0.2) is 0 Å². The lowest BCUT2D eigenvalue weighted by molar-refractivity contribution is 0.228. The summed E-state index contributed by atoms with van der Waals surface area (Å²) in [6.07, 6.45) is 3.64. The fourth-order valence-electron chi connectivity index (χ4n) is 0.641. The molecule has 0 spiro atoms. The second-order valence-electron chi connectivity index (χ2n) is 2.10. The molecule has 66 valence electrons. The van der Waals surface area contributed by atoms with Gasteiger partial charge in [0.05, 0.1) is 11.1 Å². The molecule has 0 aliphatic carbocycles. The van der Waals surface area contributed by atoms with E-state index in [2.05, 4.69) is 25.9 Å². The van der Waals surface area contributed by atoms with Crippen molar-refractivity contribution in [1.29, 1.82) is 0 Å². The minimum atomic E-state index is 0.128. The Morgan fingerprint density at radius 2 is 2.42 bits per heavy atom. The molecule has 0 fully saturated rings. The molecule has 1 rings (SSSR count). The summed E-state index contributed by atoms with van der Waals surface area (Å²) in [6, 6.07) is 0. The topological polar surface area (TPSA) is 55.2 Å². The van der Waals surface area contributed by atoms with E-state index in [9.17, 15) is 0 Å². The van der Waals surface area contributed by atoms with Crippen LogP contribution in [0.3, 0.4) is 0 Å². The van der Waals surface area contributed by atoms with Crippen LogP contribution in [0.2, 0.25) is 0 Å². The van der Waals surface area contributed by atoms with Gasteiger partial charge in [0.25, 0.3) is 0 Å². The summed E-state index contributed by atoms with van der Waals surface area (Å²) >= 11 is 3.24. The molecule has 0 saturated heterocycles. The highest BCUT2D eigenvalue weighted by molar-refractivity contribution is 9.10. The average Bonchev–Trinajstić information content (AvgIpc) is 2.09. The van der Waals surface area contributed by atoms with Gasteiger partial charge in [0, 0.05) is 19.2 Å². The Balaban J connectivity index is 2.46. The minimum Gasteiger partial charge on any atom is -0.477 e. The van der Waals surface area contributed by atoms with E-state index in [4.69, 9.17) is 9.84 Å². The molecule has 12 heavy (non-hydrogen) atoms. The fraction of sp³-hybridized carbons (Fsp3) is 0.429. The monoisotopic (exact) mass is 232 g/mol. The molecule has 1 N–H and O–H groups in total. The van der Waals surface area contributed by atoms with Crippen molar-refractivity contribution in [3.63, 3.8) is 0 Å². The third-order valence-corrected chi connectivity index (χ3v) is 1.72. The van der Waals surface area contributed by atoms with Crippen molar-refractivity contribution in [1.82, 2.24) is 9.97 Å². The fourth-order valence-corrected chi connectivity index (χ4v) is 0.976. The largest absolute Gasteiger partial charge is 0.477 e. The van der Waals surface area contributed by atoms with E-state index in [1.54, 1.807) is 6.20 Å². The van der Waals surface area contributed by atoms with Gasteiger partial charge >= 0.3 is 0 Å². The Bertz CT molecular complexity index is 245. The zero-order valence-corrected chi connectivity index (χ0v) is 7.99. The van der Waals surface area contributed by atoms with Crippen LogP contribution >= 0.6 is 15.9 Å². The summed E-state index contributed by atoms with van der Waals surface area (Å²) < 4.78 is 5.94. The highest BCUT2D eigenvalue weighted by Crippen LogP contribution is 2.19. The van der Waals surface area contributed by atoms with Crippen molar-refractivity contribution in [3.8, 4) is 5.88 Å². The van der Waals surface area contributed by atoms with Crippen molar-refractivity contribution < 1.29 is 9.84 Å². The van der Waals surface area contributed by atoms with E-state index in [-0.39, 0.29) is 6.61 Å². The normalized spacial score (nSPS) is 9.83. The molecule has 0 aliphatic rings. The molecule has 1 heterocycles. The Kier molecular flexibility index (Phi) is 3.96. The van der Waals surface area contributed by atoms with E-state index >= 15 is 0 Å². The number of aromatic nitrogens is 2. The second-order valence-corrected chi connectivity index (χ2v) is 2.96. The highest BCUT2D eigenvalue weighted by Gasteiger charge is 2.00. The van der Waals surface area contributed by atoms with Crippen molar-refractivity contribution in [2.75, 3.05) is 13.2 Å². The summed E-state index contributed by atoms with van der Waals surface area (Å²) in [6.45, 7) is 0.592. The van der Waals surface area contributed by atoms with Crippen LogP contribution in [-0.2, 0) is 0 Å². The van der Waals surface area contributed by atoms with Crippen LogP contribution in [0.15, 0.2) is 17.0 Å². The van der Waals surface area contributed by atoms with E-state index in [0.717, 1.165) is 4.47 Å². The first-order valence-corrected chi connectivity index (χ1v) is 4.33. The SMILES string of the molecule is OCCCOc1ncncc1Br. The number of ether oxygens (including phenoxy) is 1. The van der Waals surface area contributed by atoms with E-state index in [0.29, 0.717) is 18.9 Å². The zero-order chi connectivity index (χ0) is 8.81. The maximum absolute atomic E-state index is 8.49. The molecule has 0 radical (unpaired) electrons. The lowest BCUT2D eigenvalue weighted by Gasteiger charge is -2.03. The van der Waals surface area contributed by atoms with E-state index in [1.807, 2.05) is 0 Å². The Hall–Kier alpha value is -0.680. The highest BCUT2D eigenvalue weighted by atomic mass is 79.9. The maximum Gasteiger partial charge on any atom is 0.231 e. The van der Waals surface area contributed by atoms with Crippen LogP contribution < -0.4 is 4.74 Å². The number of hydrogen-bond donors (Lipinski definition) is 1. The molecule has 4 nitrogen and oxygen atoms in total. The number of nitrogens with zero attached hydrogens (tertiary/aromatic N) is 2. The lowest BCUT2D eigenvalue weighted by Crippen LogP contribution is -2.01. The molecule has 0 aromatic carbocycles. The van der Waals surface area contributed by atoms with Crippen LogP contribution in [0.4, 0.5) is 0 Å². The van der Waals surface area contributed by atoms with Gasteiger partial charge in [-0.25, -0.2) is 9.97 Å². The van der Waals surface area contributed by atoms with Gasteiger partial charge in [-0.15, -0.1) is 0 Å². The number of aliphatic hydroxyl groups excluding tert-OH is 1. The van der Waals surface area contributed by atoms with E-state index in [1.165, 1.54) is 6.33 Å². The van der Waals surface area contributed by atoms with Gasteiger partial charge in [-0.05, 0) is 15.9 Å². The summed E-state index contributed by atoms with van der Waals surface area (Å²) in [4.78, 5) is 7.67. The van der Waals surface area contributed by atoms with Crippen LogP contribution in [0.25, 0.3) is 0 Å². The molecule has 5 heteroatoms. The molecule has 0 aliphatic heterocycles. The summed E-state index contributed by atoms with van der Waals surface area (Å²) in [7, 11) is 0. The van der Waals surface area contributed by atoms with Crippen LogP contribution in [0.5, 0.6) is 5.88 Å². The predicted octanol–water partition coefficient (Wildman–Crippen LogP) is 1.00. The molecule has 0 atom stereocenters. The summed E-state index contributed by atoms with van der Waals surface area (Å²) in [5.74, 6) is 0.512. The molecule has 0 saturated carbocycles. The molecular weight excluding hydrogens is 224 g/mol. The van der Waals surface area contributed by atoms with E-state index < -0.39 is 0 Å². The summed E-state index contributed by atoms with van der Waals surface area (Å²) in [5.41, 5.74) is 0. The molecular formula is C7H9BrN2O2. The number of halogens is 1. The second kappa shape index (κ2) is 5.05. The molecule has 0 bridgehead atoms. The Labute approximate surface area is 78.7 Å². The molecule has 1 aromatic rings. The quantitative estimate of drug-likeness (QED) is 0.788. The van der Waals surface area contributed by atoms with Gasteiger partial charge in [0.1, 0.15) is 6.33 Å². The predicted molar refractivity (Wildman–Crippen MR) is 46.9 cm³/mol. The molecule has 0 unspecified atom stereocenters. The smallest absolute Gasteiger partial charge is 0.231 e. The lowest BCUT2D eigenvalue weighted by atomic mass is 10.5. The third-order valence-electron chi connectivity index (χ3n) is 1.18. The van der Waals surface area contributed by atoms with Gasteiger partial charge in [-0.2, -0.15) is 0 Å². The third kappa shape index (κ3) is 2.75. The average molecular weight is 233 g/mol. The van der Waals surface area contributed by atoms with Crippen molar-refractivity contribution in [2.45, 2.75) is 6.42 Å². The van der Waals surface area contributed by atoms with Gasteiger partial charge in [0.2, 0.25) is 5.88 Å². The number of aliphatic hydroxyl groups is 1. The van der Waals surface area contributed by atoms with Crippen LogP contribution in [-0.4, -0.2) is 28.3 Å². The van der Waals surface area contributed by atoms with Crippen molar-refractivity contribution in [2.24, 2.45) is 0 Å². The Morgan fingerprint density at radius 3 is 3.08 bits per heavy atom. The first kappa shape index (κ1) is 9.41. The molecule has 1 aromatic heterocycles. The van der Waals surface area contributed by atoms with Crippen LogP contribution in [0, 0.1) is 0 Å². The standard InChI is InChI=1S/C7H9BrN2O2/c8-6-4-9-5-10-7(6)12-3-1-2-11/h4-5,11H,1-3H2. The zero-order valence-electron chi connectivity index (χ0n) is 6.40. The van der Waals surface area contributed by atoms with Crippen molar-refractivity contribution in [3.05, 3.63) is 17.0 Å². The van der Waals surface area contributed by atoms with Gasteiger partial charge < -0.3 is 9.84 Å². The number of rotatable bonds is 4. The minimum absolute atomic E-state index is 0.128. The number of hydrogen-bond acceptors (Lipinski definition) is 4. The first-order chi connectivity index (χ1) is 5.84. The Morgan fingerprint density at radius 1 is 1.58 bits per heavy atom. The van der Waals surface area contributed by atoms with Gasteiger partial charge in [-0.3, -0.25) is 0 Å². The summed E-state index contributed by atoms with van der Waals surface area (Å²) in [5, 5.41) is 8.49. The maximum atomic E-state index is 8.49. The van der Waals surface area contributed by atoms with Crippen molar-refractivity contribution >= 4 is 15.9 Å².